The molecule has 8 rings (SSSR count). The van der Waals surface area contributed by atoms with Crippen molar-refractivity contribution in [1.29, 1.82) is 0 Å². The van der Waals surface area contributed by atoms with E-state index in [1.807, 2.05) is 74.5 Å². The SMILES string of the molecule is CCCCC(CC)C(=O)Oc1ccc2nc(-c3cc4ccccc4n3CCCCn3c(-c4nc5ccc(OC(=O)C(CC)CCCC)cc5c(=O)o4)cc4ccccc43)oc(=O)c2c1. The maximum Gasteiger partial charge on any atom is 0.347 e. The van der Waals surface area contributed by atoms with E-state index in [1.54, 1.807) is 24.3 Å². The normalized spacial score (nSPS) is 12.6. The largest absolute Gasteiger partial charge is 0.426 e. The summed E-state index contributed by atoms with van der Waals surface area (Å²) in [6, 6.07) is 29.8. The second kappa shape index (κ2) is 19.7. The molecule has 2 atom stereocenters. The maximum atomic E-state index is 13.5. The molecule has 0 saturated heterocycles. The summed E-state index contributed by atoms with van der Waals surface area (Å²) >= 11 is 0. The molecule has 0 aliphatic carbocycles. The molecular formula is C52H54N4O8. The first-order valence-corrected chi connectivity index (χ1v) is 22.7. The van der Waals surface area contributed by atoms with Gasteiger partial charge in [0.05, 0.1) is 33.6 Å². The van der Waals surface area contributed by atoms with Crippen molar-refractivity contribution in [3.05, 3.63) is 118 Å². The van der Waals surface area contributed by atoms with Crippen molar-refractivity contribution >= 4 is 55.6 Å². The lowest BCUT2D eigenvalue weighted by Crippen LogP contribution is -2.20. The van der Waals surface area contributed by atoms with Crippen molar-refractivity contribution in [2.24, 2.45) is 11.8 Å². The van der Waals surface area contributed by atoms with E-state index in [0.29, 0.717) is 48.4 Å². The molecule has 0 spiro atoms. The summed E-state index contributed by atoms with van der Waals surface area (Å²) in [5, 5.41) is 2.43. The van der Waals surface area contributed by atoms with E-state index in [0.717, 1.165) is 73.2 Å². The Labute approximate surface area is 370 Å². The second-order valence-corrected chi connectivity index (χ2v) is 16.5. The highest BCUT2D eigenvalue weighted by atomic mass is 16.5. The van der Waals surface area contributed by atoms with Crippen LogP contribution in [0.5, 0.6) is 11.5 Å². The zero-order valence-electron chi connectivity index (χ0n) is 36.9. The lowest BCUT2D eigenvalue weighted by Gasteiger charge is -2.14. The number of rotatable bonds is 19. The number of hydrogen-bond acceptors (Lipinski definition) is 10. The van der Waals surface area contributed by atoms with Gasteiger partial charge in [0.15, 0.2) is 0 Å². The summed E-state index contributed by atoms with van der Waals surface area (Å²) in [5.41, 5.74) is 3.04. The highest BCUT2D eigenvalue weighted by molar-refractivity contribution is 5.89. The summed E-state index contributed by atoms with van der Waals surface area (Å²) in [5.74, 6) is -0.0325. The van der Waals surface area contributed by atoms with Crippen molar-refractivity contribution in [2.45, 2.75) is 105 Å². The summed E-state index contributed by atoms with van der Waals surface area (Å²) in [6.45, 7) is 9.33. The van der Waals surface area contributed by atoms with Crippen LogP contribution < -0.4 is 20.7 Å². The summed E-state index contributed by atoms with van der Waals surface area (Å²) in [6.07, 6.45) is 8.25. The molecule has 64 heavy (non-hydrogen) atoms. The van der Waals surface area contributed by atoms with E-state index in [1.165, 1.54) is 12.1 Å². The van der Waals surface area contributed by atoms with E-state index < -0.39 is 11.3 Å². The van der Waals surface area contributed by atoms with Crippen LogP contribution in [0, 0.1) is 11.8 Å². The molecule has 0 N–H and O–H groups in total. The number of ether oxygens (including phenoxy) is 2. The molecule has 330 valence electrons. The van der Waals surface area contributed by atoms with Crippen LogP contribution in [-0.2, 0) is 22.7 Å². The summed E-state index contributed by atoms with van der Waals surface area (Å²) < 4.78 is 27.5. The van der Waals surface area contributed by atoms with Gasteiger partial charge in [0.2, 0.25) is 11.8 Å². The number of unbranched alkanes of at least 4 members (excludes halogenated alkanes) is 3. The number of fused-ring (bicyclic) bond motifs is 4. The van der Waals surface area contributed by atoms with E-state index >= 15 is 0 Å². The third-order valence-electron chi connectivity index (χ3n) is 12.2. The molecule has 4 heterocycles. The summed E-state index contributed by atoms with van der Waals surface area (Å²) in [4.78, 5) is 62.4. The quantitative estimate of drug-likeness (QED) is 0.0437. The highest BCUT2D eigenvalue weighted by Crippen LogP contribution is 2.32. The van der Waals surface area contributed by atoms with Crippen LogP contribution in [0.2, 0.25) is 0 Å². The number of esters is 2. The van der Waals surface area contributed by atoms with Gasteiger partial charge >= 0.3 is 23.2 Å². The molecule has 0 aliphatic heterocycles. The minimum absolute atomic E-state index is 0.197. The molecule has 0 amide bonds. The smallest absolute Gasteiger partial charge is 0.347 e. The number of carbonyl (C=O) groups excluding carboxylic acids is 2. The number of benzene rings is 4. The molecule has 0 bridgehead atoms. The molecule has 0 saturated carbocycles. The van der Waals surface area contributed by atoms with E-state index in [2.05, 4.69) is 23.0 Å². The third-order valence-corrected chi connectivity index (χ3v) is 12.2. The number of hydrogen-bond donors (Lipinski definition) is 0. The third kappa shape index (κ3) is 9.27. The van der Waals surface area contributed by atoms with Gasteiger partial charge in [0.25, 0.3) is 0 Å². The minimum Gasteiger partial charge on any atom is -0.426 e. The molecule has 4 aromatic carbocycles. The van der Waals surface area contributed by atoms with Gasteiger partial charge in [-0.1, -0.05) is 89.8 Å². The van der Waals surface area contributed by atoms with Crippen molar-refractivity contribution < 1.29 is 27.9 Å². The first-order chi connectivity index (χ1) is 31.2. The molecule has 2 unspecified atom stereocenters. The lowest BCUT2D eigenvalue weighted by atomic mass is 10.00. The van der Waals surface area contributed by atoms with Crippen molar-refractivity contribution in [3.63, 3.8) is 0 Å². The van der Waals surface area contributed by atoms with Gasteiger partial charge in [0.1, 0.15) is 22.9 Å². The molecule has 0 aliphatic rings. The van der Waals surface area contributed by atoms with E-state index in [-0.39, 0.29) is 57.8 Å². The van der Waals surface area contributed by atoms with Crippen molar-refractivity contribution in [2.75, 3.05) is 0 Å². The fourth-order valence-electron chi connectivity index (χ4n) is 8.52. The average Bonchev–Trinajstić information content (AvgIpc) is 3.87. The Morgan fingerprint density at radius 3 is 1.39 bits per heavy atom. The lowest BCUT2D eigenvalue weighted by molar-refractivity contribution is -0.140. The fraction of sp³-hybridized carbons (Fsp3) is 0.346. The zero-order chi connectivity index (χ0) is 44.7. The topological polar surface area (TPSA) is 149 Å². The van der Waals surface area contributed by atoms with Crippen LogP contribution in [-0.4, -0.2) is 31.0 Å². The van der Waals surface area contributed by atoms with Gasteiger partial charge < -0.3 is 27.4 Å². The second-order valence-electron chi connectivity index (χ2n) is 16.5. The predicted octanol–water partition coefficient (Wildman–Crippen LogP) is 11.7. The van der Waals surface area contributed by atoms with Crippen LogP contribution in [0.1, 0.15) is 91.9 Å². The van der Waals surface area contributed by atoms with Gasteiger partial charge in [-0.3, -0.25) is 9.59 Å². The fourth-order valence-corrected chi connectivity index (χ4v) is 8.52. The van der Waals surface area contributed by atoms with Gasteiger partial charge in [-0.2, -0.15) is 0 Å². The average molecular weight is 863 g/mol. The van der Waals surface area contributed by atoms with Crippen LogP contribution in [0.4, 0.5) is 0 Å². The number of nitrogens with zero attached hydrogens (tertiary/aromatic N) is 4. The standard InChI is InChI=1S/C52H54N4O8/c1-5-9-17-33(7-3)49(57)61-37-23-25-41-39(31-37)51(59)63-47(53-41)45-29-35-19-11-13-21-43(35)55(45)27-15-16-28-56-44-22-14-12-20-36(44)30-46(56)48-54-42-26-24-38(32-40(42)52(60)64-48)62-50(58)34(8-4)18-10-6-2/h11-14,19-26,29-34H,5-10,15-18,27-28H2,1-4H3. The Kier molecular flexibility index (Phi) is 13.5. The minimum atomic E-state index is -0.569. The highest BCUT2D eigenvalue weighted by Gasteiger charge is 2.22. The maximum absolute atomic E-state index is 13.5. The van der Waals surface area contributed by atoms with Crippen molar-refractivity contribution in [3.8, 4) is 34.7 Å². The number of aryl methyl sites for hydroxylation is 2. The molecule has 4 aromatic heterocycles. The van der Waals surface area contributed by atoms with E-state index in [9.17, 15) is 19.2 Å². The Bertz CT molecular complexity index is 2880. The van der Waals surface area contributed by atoms with Crippen LogP contribution >= 0.6 is 0 Å². The molecule has 8 aromatic rings. The monoisotopic (exact) mass is 862 g/mol. The number of aromatic nitrogens is 4. The zero-order valence-corrected chi connectivity index (χ0v) is 36.9. The predicted molar refractivity (Wildman–Crippen MR) is 250 cm³/mol. The van der Waals surface area contributed by atoms with Gasteiger partial charge in [-0.25, -0.2) is 19.6 Å². The first-order valence-electron chi connectivity index (χ1n) is 22.7. The Balaban J connectivity index is 1.02. The van der Waals surface area contributed by atoms with E-state index in [4.69, 9.17) is 28.3 Å². The Morgan fingerprint density at radius 2 is 0.984 bits per heavy atom. The Hall–Kier alpha value is -6.82. The molecular weight excluding hydrogens is 809 g/mol. The molecule has 12 heteroatoms. The first kappa shape index (κ1) is 43.8. The van der Waals surface area contributed by atoms with Crippen LogP contribution in [0.3, 0.4) is 0 Å². The van der Waals surface area contributed by atoms with Gasteiger partial charge in [-0.05, 0) is 99.2 Å². The Morgan fingerprint density at radius 1 is 0.562 bits per heavy atom. The van der Waals surface area contributed by atoms with Crippen molar-refractivity contribution in [1.82, 2.24) is 19.1 Å². The van der Waals surface area contributed by atoms with Crippen LogP contribution in [0.25, 0.3) is 66.8 Å². The molecule has 0 radical (unpaired) electrons. The number of para-hydroxylation sites is 2. The van der Waals surface area contributed by atoms with Gasteiger partial charge in [0, 0.05) is 34.9 Å². The number of carbonyl (C=O) groups is 2. The molecule has 12 nitrogen and oxygen atoms in total. The van der Waals surface area contributed by atoms with Gasteiger partial charge in [-0.15, -0.1) is 0 Å². The summed E-state index contributed by atoms with van der Waals surface area (Å²) in [7, 11) is 0. The molecule has 0 fully saturated rings. The van der Waals surface area contributed by atoms with Crippen LogP contribution in [0.15, 0.2) is 115 Å².